The van der Waals surface area contributed by atoms with E-state index in [1.54, 1.807) is 10.7 Å². The van der Waals surface area contributed by atoms with Crippen molar-refractivity contribution in [3.8, 4) is 5.75 Å². The molecule has 1 aromatic carbocycles. The highest BCUT2D eigenvalue weighted by atomic mass is 16.5. The van der Waals surface area contributed by atoms with Crippen LogP contribution < -0.4 is 15.4 Å². The van der Waals surface area contributed by atoms with Crippen LogP contribution >= 0.6 is 0 Å². The summed E-state index contributed by atoms with van der Waals surface area (Å²) in [7, 11) is 0. The van der Waals surface area contributed by atoms with Crippen molar-refractivity contribution in [3.63, 3.8) is 0 Å². The van der Waals surface area contributed by atoms with Crippen molar-refractivity contribution in [1.29, 1.82) is 0 Å². The molecule has 2 rings (SSSR count). The van der Waals surface area contributed by atoms with E-state index in [0.29, 0.717) is 25.5 Å². The maximum absolute atomic E-state index is 11.6. The quantitative estimate of drug-likeness (QED) is 0.737. The number of amides is 2. The molecular weight excluding hydrogens is 280 g/mol. The lowest BCUT2D eigenvalue weighted by atomic mass is 10.3. The Balaban J connectivity index is 1.71. The molecule has 6 nitrogen and oxygen atoms in total. The summed E-state index contributed by atoms with van der Waals surface area (Å²) < 4.78 is 7.35. The molecule has 0 spiro atoms. The number of urea groups is 1. The first-order valence-corrected chi connectivity index (χ1v) is 7.54. The van der Waals surface area contributed by atoms with Gasteiger partial charge in [0, 0.05) is 18.8 Å². The van der Waals surface area contributed by atoms with Gasteiger partial charge in [0.2, 0.25) is 0 Å². The lowest BCUT2D eigenvalue weighted by molar-refractivity contribution is 0.252. The van der Waals surface area contributed by atoms with Crippen LogP contribution in [0.15, 0.2) is 42.6 Å². The monoisotopic (exact) mass is 302 g/mol. The van der Waals surface area contributed by atoms with Crippen LogP contribution in [0.3, 0.4) is 0 Å². The maximum Gasteiger partial charge on any atom is 0.320 e. The highest BCUT2D eigenvalue weighted by molar-refractivity contribution is 5.88. The van der Waals surface area contributed by atoms with Crippen LogP contribution in [0, 0.1) is 0 Å². The van der Waals surface area contributed by atoms with Gasteiger partial charge in [0.15, 0.2) is 5.82 Å². The molecule has 2 N–H and O–H groups in total. The van der Waals surface area contributed by atoms with Crippen LogP contribution in [0.1, 0.15) is 19.8 Å². The van der Waals surface area contributed by atoms with Gasteiger partial charge in [0.25, 0.3) is 0 Å². The molecule has 0 fully saturated rings. The van der Waals surface area contributed by atoms with Crippen molar-refractivity contribution in [1.82, 2.24) is 15.1 Å². The second-order valence-electron chi connectivity index (χ2n) is 4.86. The van der Waals surface area contributed by atoms with Gasteiger partial charge in [0.05, 0.1) is 6.54 Å². The third-order valence-electron chi connectivity index (χ3n) is 3.03. The van der Waals surface area contributed by atoms with E-state index in [1.807, 2.05) is 36.5 Å². The number of hydrogen-bond acceptors (Lipinski definition) is 3. The molecule has 0 aliphatic heterocycles. The molecule has 118 valence electrons. The van der Waals surface area contributed by atoms with Gasteiger partial charge in [-0.3, -0.25) is 10.00 Å². The van der Waals surface area contributed by atoms with Gasteiger partial charge >= 0.3 is 6.03 Å². The normalized spacial score (nSPS) is 10.2. The predicted octanol–water partition coefficient (Wildman–Crippen LogP) is 2.88. The van der Waals surface area contributed by atoms with Crippen molar-refractivity contribution >= 4 is 11.8 Å². The molecule has 0 saturated heterocycles. The fourth-order valence-electron chi connectivity index (χ4n) is 1.87. The summed E-state index contributed by atoms with van der Waals surface area (Å²) in [6.07, 6.45) is 3.84. The van der Waals surface area contributed by atoms with Gasteiger partial charge in [-0.25, -0.2) is 4.79 Å². The van der Waals surface area contributed by atoms with Gasteiger partial charge < -0.3 is 10.1 Å². The Bertz CT molecular complexity index is 569. The van der Waals surface area contributed by atoms with Gasteiger partial charge in [0.1, 0.15) is 12.4 Å². The largest absolute Gasteiger partial charge is 0.492 e. The van der Waals surface area contributed by atoms with E-state index in [-0.39, 0.29) is 6.03 Å². The number of nitrogens with one attached hydrogen (secondary N) is 2. The third kappa shape index (κ3) is 5.47. The van der Waals surface area contributed by atoms with Crippen LogP contribution in [0.4, 0.5) is 10.6 Å². The number of anilines is 1. The highest BCUT2D eigenvalue weighted by Gasteiger charge is 2.04. The van der Waals surface area contributed by atoms with Crippen LogP contribution in [0.25, 0.3) is 0 Å². The first-order chi connectivity index (χ1) is 10.8. The second kappa shape index (κ2) is 8.71. The van der Waals surface area contributed by atoms with E-state index >= 15 is 0 Å². The number of carbonyl (C=O) groups excluding carboxylic acids is 1. The van der Waals surface area contributed by atoms with Crippen LogP contribution in [-0.4, -0.2) is 29.0 Å². The minimum atomic E-state index is -0.223. The van der Waals surface area contributed by atoms with E-state index in [2.05, 4.69) is 22.7 Å². The lowest BCUT2D eigenvalue weighted by Crippen LogP contribution is -2.29. The van der Waals surface area contributed by atoms with Crippen molar-refractivity contribution in [2.75, 3.05) is 18.5 Å². The number of nitrogens with zero attached hydrogens (tertiary/aromatic N) is 2. The Morgan fingerprint density at radius 3 is 2.86 bits per heavy atom. The van der Waals surface area contributed by atoms with E-state index in [9.17, 15) is 4.79 Å². The van der Waals surface area contributed by atoms with Crippen molar-refractivity contribution in [2.24, 2.45) is 0 Å². The van der Waals surface area contributed by atoms with Gasteiger partial charge in [-0.05, 0) is 18.6 Å². The summed E-state index contributed by atoms with van der Waals surface area (Å²) in [5, 5.41) is 9.76. The molecule has 0 aliphatic carbocycles. The molecule has 0 bridgehead atoms. The zero-order valence-corrected chi connectivity index (χ0v) is 12.8. The standard InChI is InChI=1S/C16H22N4O2/c1-2-3-10-17-16(21)18-15-9-11-20(19-15)12-13-22-14-7-5-4-6-8-14/h4-9,11H,2-3,10,12-13H2,1H3,(H2,17,18,19,21). The van der Waals surface area contributed by atoms with Gasteiger partial charge in [-0.15, -0.1) is 0 Å². The van der Waals surface area contributed by atoms with Crippen LogP contribution in [0.5, 0.6) is 5.75 Å². The fraction of sp³-hybridized carbons (Fsp3) is 0.375. The van der Waals surface area contributed by atoms with Crippen molar-refractivity contribution in [3.05, 3.63) is 42.6 Å². The number of unbranched alkanes of at least 4 members (excludes halogenated alkanes) is 1. The number of carbonyl (C=O) groups is 1. The molecule has 0 saturated carbocycles. The summed E-state index contributed by atoms with van der Waals surface area (Å²) in [6, 6.07) is 11.2. The summed E-state index contributed by atoms with van der Waals surface area (Å²) in [5.74, 6) is 1.37. The molecular formula is C16H22N4O2. The average Bonchev–Trinajstić information content (AvgIpc) is 2.96. The minimum absolute atomic E-state index is 0.223. The number of rotatable bonds is 8. The molecule has 0 atom stereocenters. The summed E-state index contributed by atoms with van der Waals surface area (Å²) in [6.45, 7) is 3.90. The van der Waals surface area contributed by atoms with E-state index in [4.69, 9.17) is 4.74 Å². The minimum Gasteiger partial charge on any atom is -0.492 e. The molecule has 1 aromatic heterocycles. The fourth-order valence-corrected chi connectivity index (χ4v) is 1.87. The summed E-state index contributed by atoms with van der Waals surface area (Å²) in [4.78, 5) is 11.6. The smallest absolute Gasteiger partial charge is 0.320 e. The molecule has 2 amide bonds. The summed E-state index contributed by atoms with van der Waals surface area (Å²) in [5.41, 5.74) is 0. The SMILES string of the molecule is CCCCNC(=O)Nc1ccn(CCOc2ccccc2)n1. The Morgan fingerprint density at radius 1 is 1.27 bits per heavy atom. The van der Waals surface area contributed by atoms with Crippen LogP contribution in [-0.2, 0) is 6.54 Å². The molecule has 0 unspecified atom stereocenters. The van der Waals surface area contributed by atoms with E-state index in [0.717, 1.165) is 18.6 Å². The van der Waals surface area contributed by atoms with Crippen molar-refractivity contribution in [2.45, 2.75) is 26.3 Å². The lowest BCUT2D eigenvalue weighted by Gasteiger charge is -2.06. The number of ether oxygens (including phenoxy) is 1. The summed E-state index contributed by atoms with van der Waals surface area (Å²) >= 11 is 0. The molecule has 0 radical (unpaired) electrons. The molecule has 6 heteroatoms. The molecule has 22 heavy (non-hydrogen) atoms. The maximum atomic E-state index is 11.6. The van der Waals surface area contributed by atoms with Crippen LogP contribution in [0.2, 0.25) is 0 Å². The van der Waals surface area contributed by atoms with E-state index in [1.165, 1.54) is 0 Å². The molecule has 1 heterocycles. The predicted molar refractivity (Wildman–Crippen MR) is 86.1 cm³/mol. The number of aromatic nitrogens is 2. The zero-order valence-electron chi connectivity index (χ0n) is 12.8. The van der Waals surface area contributed by atoms with Gasteiger partial charge in [-0.1, -0.05) is 31.5 Å². The average molecular weight is 302 g/mol. The first kappa shape index (κ1) is 15.9. The van der Waals surface area contributed by atoms with E-state index < -0.39 is 0 Å². The Kier molecular flexibility index (Phi) is 6.29. The Morgan fingerprint density at radius 2 is 2.09 bits per heavy atom. The Hall–Kier alpha value is -2.50. The number of hydrogen-bond donors (Lipinski definition) is 2. The highest BCUT2D eigenvalue weighted by Crippen LogP contribution is 2.08. The third-order valence-corrected chi connectivity index (χ3v) is 3.03. The molecule has 2 aromatic rings. The molecule has 0 aliphatic rings. The zero-order chi connectivity index (χ0) is 15.6. The van der Waals surface area contributed by atoms with Gasteiger partial charge in [-0.2, -0.15) is 5.10 Å². The van der Waals surface area contributed by atoms with Crippen molar-refractivity contribution < 1.29 is 9.53 Å². The Labute approximate surface area is 130 Å². The number of para-hydroxylation sites is 1. The number of benzene rings is 1. The first-order valence-electron chi connectivity index (χ1n) is 7.54. The topological polar surface area (TPSA) is 68.2 Å². The second-order valence-corrected chi connectivity index (χ2v) is 4.86.